The third kappa shape index (κ3) is 4.19. The number of nitrogens with two attached hydrogens (primary N) is 1. The molecular formula is C12H23N3. The predicted octanol–water partition coefficient (Wildman–Crippen LogP) is 1.74. The molecule has 0 aromatic rings. The second-order valence-electron chi connectivity index (χ2n) is 5.01. The molecule has 0 saturated carbocycles. The highest BCUT2D eigenvalue weighted by atomic mass is 15.1. The number of nitriles is 1. The number of rotatable bonds is 3. The molecule has 1 aliphatic rings. The average Bonchev–Trinajstić information content (AvgIpc) is 2.43. The Hall–Kier alpha value is -0.590. The van der Waals surface area contributed by atoms with Crippen molar-refractivity contribution in [1.82, 2.24) is 4.90 Å². The van der Waals surface area contributed by atoms with Crippen LogP contribution in [0, 0.1) is 17.2 Å². The molecule has 2 N–H and O–H groups in total. The molecule has 1 saturated heterocycles. The molecule has 86 valence electrons. The SMILES string of the molecule is CCC1CCCN(CC(C)(N)C#N)CC1. The minimum atomic E-state index is -0.688. The Balaban J connectivity index is 2.42. The molecular weight excluding hydrogens is 186 g/mol. The fourth-order valence-corrected chi connectivity index (χ4v) is 2.29. The van der Waals surface area contributed by atoms with Gasteiger partial charge in [0, 0.05) is 6.54 Å². The van der Waals surface area contributed by atoms with Crippen molar-refractivity contribution in [2.24, 2.45) is 11.7 Å². The van der Waals surface area contributed by atoms with Gasteiger partial charge in [-0.3, -0.25) is 0 Å². The van der Waals surface area contributed by atoms with E-state index in [1.54, 1.807) is 0 Å². The molecule has 0 aromatic heterocycles. The van der Waals surface area contributed by atoms with Gasteiger partial charge in [0.05, 0.1) is 6.07 Å². The minimum absolute atomic E-state index is 0.688. The highest BCUT2D eigenvalue weighted by molar-refractivity contribution is 5.03. The lowest BCUT2D eigenvalue weighted by molar-refractivity contribution is 0.246. The standard InChI is InChI=1S/C12H23N3/c1-3-11-5-4-7-15(8-6-11)10-12(2,14)9-13/h11H,3-8,10,14H2,1-2H3. The van der Waals surface area contributed by atoms with E-state index < -0.39 is 5.54 Å². The Kier molecular flexibility index (Phi) is 4.56. The maximum Gasteiger partial charge on any atom is 0.114 e. The van der Waals surface area contributed by atoms with Gasteiger partial charge >= 0.3 is 0 Å². The molecule has 0 aromatic carbocycles. The van der Waals surface area contributed by atoms with Gasteiger partial charge in [0.2, 0.25) is 0 Å². The molecule has 1 aliphatic heterocycles. The highest BCUT2D eigenvalue weighted by Crippen LogP contribution is 2.20. The zero-order valence-electron chi connectivity index (χ0n) is 10.00. The summed E-state index contributed by atoms with van der Waals surface area (Å²) in [6.07, 6.45) is 5.13. The molecule has 3 nitrogen and oxygen atoms in total. The van der Waals surface area contributed by atoms with Gasteiger partial charge < -0.3 is 10.6 Å². The normalized spacial score (nSPS) is 27.7. The van der Waals surface area contributed by atoms with E-state index in [0.717, 1.165) is 19.0 Å². The van der Waals surface area contributed by atoms with E-state index >= 15 is 0 Å². The van der Waals surface area contributed by atoms with Crippen molar-refractivity contribution in [2.45, 2.75) is 45.1 Å². The Morgan fingerprint density at radius 1 is 1.47 bits per heavy atom. The Labute approximate surface area is 93.2 Å². The van der Waals surface area contributed by atoms with Crippen LogP contribution in [-0.2, 0) is 0 Å². The van der Waals surface area contributed by atoms with Gasteiger partial charge in [-0.1, -0.05) is 13.3 Å². The van der Waals surface area contributed by atoms with Crippen LogP contribution in [0.15, 0.2) is 0 Å². The van der Waals surface area contributed by atoms with Gasteiger partial charge in [-0.15, -0.1) is 0 Å². The lowest BCUT2D eigenvalue weighted by atomic mass is 9.98. The Bertz CT molecular complexity index is 230. The van der Waals surface area contributed by atoms with Gasteiger partial charge in [0.25, 0.3) is 0 Å². The Morgan fingerprint density at radius 2 is 2.20 bits per heavy atom. The van der Waals surface area contributed by atoms with Crippen molar-refractivity contribution in [1.29, 1.82) is 5.26 Å². The zero-order chi connectivity index (χ0) is 11.3. The van der Waals surface area contributed by atoms with Crippen LogP contribution in [0.1, 0.15) is 39.5 Å². The van der Waals surface area contributed by atoms with Crippen LogP contribution in [0.3, 0.4) is 0 Å². The largest absolute Gasteiger partial charge is 0.313 e. The summed E-state index contributed by atoms with van der Waals surface area (Å²) in [6.45, 7) is 7.00. The Morgan fingerprint density at radius 3 is 2.80 bits per heavy atom. The zero-order valence-corrected chi connectivity index (χ0v) is 10.00. The van der Waals surface area contributed by atoms with E-state index in [1.807, 2.05) is 6.92 Å². The summed E-state index contributed by atoms with van der Waals surface area (Å²) in [7, 11) is 0. The van der Waals surface area contributed by atoms with Crippen molar-refractivity contribution >= 4 is 0 Å². The molecule has 0 spiro atoms. The van der Waals surface area contributed by atoms with Gasteiger partial charge in [0.15, 0.2) is 0 Å². The molecule has 3 heteroatoms. The van der Waals surface area contributed by atoms with E-state index in [1.165, 1.54) is 25.7 Å². The molecule has 0 bridgehead atoms. The smallest absolute Gasteiger partial charge is 0.114 e. The van der Waals surface area contributed by atoms with E-state index in [4.69, 9.17) is 11.0 Å². The molecule has 15 heavy (non-hydrogen) atoms. The van der Waals surface area contributed by atoms with E-state index in [-0.39, 0.29) is 0 Å². The summed E-state index contributed by atoms with van der Waals surface area (Å²) in [6, 6.07) is 2.17. The van der Waals surface area contributed by atoms with Gasteiger partial charge in [-0.2, -0.15) is 5.26 Å². The van der Waals surface area contributed by atoms with Crippen LogP contribution in [0.5, 0.6) is 0 Å². The summed E-state index contributed by atoms with van der Waals surface area (Å²) < 4.78 is 0. The van der Waals surface area contributed by atoms with Crippen LogP contribution in [0.25, 0.3) is 0 Å². The fraction of sp³-hybridized carbons (Fsp3) is 0.917. The second kappa shape index (κ2) is 5.48. The summed E-state index contributed by atoms with van der Waals surface area (Å²) in [5, 5.41) is 8.89. The summed E-state index contributed by atoms with van der Waals surface area (Å²) in [4.78, 5) is 2.35. The second-order valence-corrected chi connectivity index (χ2v) is 5.01. The molecule has 0 amide bonds. The third-order valence-electron chi connectivity index (χ3n) is 3.33. The summed E-state index contributed by atoms with van der Waals surface area (Å²) in [5.41, 5.74) is 5.17. The maximum absolute atomic E-state index is 8.89. The van der Waals surface area contributed by atoms with Crippen LogP contribution in [0.2, 0.25) is 0 Å². The first-order valence-corrected chi connectivity index (χ1v) is 6.00. The maximum atomic E-state index is 8.89. The molecule has 2 atom stereocenters. The molecule has 2 unspecified atom stereocenters. The number of likely N-dealkylation sites (tertiary alicyclic amines) is 1. The summed E-state index contributed by atoms with van der Waals surface area (Å²) in [5.74, 6) is 0.876. The fourth-order valence-electron chi connectivity index (χ4n) is 2.29. The van der Waals surface area contributed by atoms with Gasteiger partial charge in [0.1, 0.15) is 5.54 Å². The first kappa shape index (κ1) is 12.5. The average molecular weight is 209 g/mol. The number of nitrogens with zero attached hydrogens (tertiary/aromatic N) is 2. The van der Waals surface area contributed by atoms with E-state index in [2.05, 4.69) is 17.9 Å². The predicted molar refractivity (Wildman–Crippen MR) is 62.3 cm³/mol. The minimum Gasteiger partial charge on any atom is -0.313 e. The van der Waals surface area contributed by atoms with Crippen molar-refractivity contribution in [3.8, 4) is 6.07 Å². The van der Waals surface area contributed by atoms with Crippen molar-refractivity contribution < 1.29 is 0 Å². The quantitative estimate of drug-likeness (QED) is 0.770. The number of hydrogen-bond donors (Lipinski definition) is 1. The van der Waals surface area contributed by atoms with Gasteiger partial charge in [-0.05, 0) is 45.2 Å². The lowest BCUT2D eigenvalue weighted by Crippen LogP contribution is -2.47. The van der Waals surface area contributed by atoms with E-state index in [9.17, 15) is 0 Å². The topological polar surface area (TPSA) is 53.0 Å². The molecule has 1 fully saturated rings. The van der Waals surface area contributed by atoms with Crippen LogP contribution in [-0.4, -0.2) is 30.1 Å². The van der Waals surface area contributed by atoms with Crippen molar-refractivity contribution in [3.05, 3.63) is 0 Å². The highest BCUT2D eigenvalue weighted by Gasteiger charge is 2.23. The van der Waals surface area contributed by atoms with Crippen LogP contribution >= 0.6 is 0 Å². The van der Waals surface area contributed by atoms with Gasteiger partial charge in [-0.25, -0.2) is 0 Å². The monoisotopic (exact) mass is 209 g/mol. The molecule has 0 aliphatic carbocycles. The molecule has 0 radical (unpaired) electrons. The molecule has 1 rings (SSSR count). The van der Waals surface area contributed by atoms with Crippen molar-refractivity contribution in [2.75, 3.05) is 19.6 Å². The van der Waals surface area contributed by atoms with Crippen molar-refractivity contribution in [3.63, 3.8) is 0 Å². The summed E-state index contributed by atoms with van der Waals surface area (Å²) >= 11 is 0. The van der Waals surface area contributed by atoms with Crippen LogP contribution < -0.4 is 5.73 Å². The molecule has 1 heterocycles. The van der Waals surface area contributed by atoms with E-state index in [0.29, 0.717) is 6.54 Å². The lowest BCUT2D eigenvalue weighted by Gasteiger charge is -2.26. The number of hydrogen-bond acceptors (Lipinski definition) is 3. The first-order valence-electron chi connectivity index (χ1n) is 6.00. The first-order chi connectivity index (χ1) is 7.07. The van der Waals surface area contributed by atoms with Crippen LogP contribution in [0.4, 0.5) is 0 Å². The third-order valence-corrected chi connectivity index (χ3v) is 3.33.